The molecule has 0 bridgehead atoms. The predicted octanol–water partition coefficient (Wildman–Crippen LogP) is 7.12. The second-order valence-corrected chi connectivity index (χ2v) is 7.75. The average molecular weight is 442 g/mol. The second kappa shape index (κ2) is 12.4. The number of rotatable bonds is 11. The fraction of sp³-hybridized carbons (Fsp3) is 0.276. The van der Waals surface area contributed by atoms with Crippen molar-refractivity contribution >= 4 is 11.6 Å². The van der Waals surface area contributed by atoms with Crippen LogP contribution < -0.4 is 14.2 Å². The van der Waals surface area contributed by atoms with Crippen LogP contribution in [-0.2, 0) is 0 Å². The van der Waals surface area contributed by atoms with Crippen molar-refractivity contribution in [1.82, 2.24) is 0 Å². The number of hydrogen-bond acceptors (Lipinski definition) is 4. The van der Waals surface area contributed by atoms with E-state index in [1.807, 2.05) is 73.7 Å². The van der Waals surface area contributed by atoms with Crippen LogP contribution >= 0.6 is 0 Å². The molecule has 0 saturated heterocycles. The largest absolute Gasteiger partial charge is 0.490 e. The smallest absolute Gasteiger partial charge is 0.161 e. The number of ether oxygens (including phenoxy) is 3. The molecule has 0 unspecified atom stereocenters. The zero-order chi connectivity index (χ0) is 23.5. The van der Waals surface area contributed by atoms with Gasteiger partial charge in [-0.25, -0.2) is 0 Å². The van der Waals surface area contributed by atoms with E-state index in [1.54, 1.807) is 0 Å². The highest BCUT2D eigenvalue weighted by atomic mass is 16.5. The molecule has 0 heterocycles. The van der Waals surface area contributed by atoms with E-state index in [0.29, 0.717) is 42.8 Å². The molecule has 170 valence electrons. The molecule has 4 nitrogen and oxygen atoms in total. The summed E-state index contributed by atoms with van der Waals surface area (Å²) in [5.41, 5.74) is 3.68. The van der Waals surface area contributed by atoms with Crippen LogP contribution in [0.25, 0.3) is 11.6 Å². The van der Waals surface area contributed by atoms with Crippen LogP contribution in [0.2, 0.25) is 0 Å². The van der Waals surface area contributed by atoms with E-state index < -0.39 is 0 Å². The molecule has 0 aliphatic rings. The molecule has 0 aliphatic heterocycles. The SMILES string of the molecule is CCOc1cc(/C=C(\C#N)c2ccccc2)ccc1OCCOc1ccc([C@H](C)CC)cc1. The lowest BCUT2D eigenvalue weighted by molar-refractivity contribution is 0.208. The van der Waals surface area contributed by atoms with Gasteiger partial charge in [-0.15, -0.1) is 0 Å². The van der Waals surface area contributed by atoms with Gasteiger partial charge in [-0.05, 0) is 66.3 Å². The molecular weight excluding hydrogens is 410 g/mol. The van der Waals surface area contributed by atoms with Gasteiger partial charge >= 0.3 is 0 Å². The van der Waals surface area contributed by atoms with Gasteiger partial charge in [0.05, 0.1) is 18.2 Å². The van der Waals surface area contributed by atoms with E-state index in [9.17, 15) is 5.26 Å². The number of hydrogen-bond donors (Lipinski definition) is 0. The van der Waals surface area contributed by atoms with E-state index in [4.69, 9.17) is 14.2 Å². The highest BCUT2D eigenvalue weighted by molar-refractivity contribution is 5.89. The maximum absolute atomic E-state index is 9.57. The normalized spacial score (nSPS) is 12.0. The van der Waals surface area contributed by atoms with E-state index in [2.05, 4.69) is 32.0 Å². The van der Waals surface area contributed by atoms with Crippen molar-refractivity contribution in [2.45, 2.75) is 33.1 Å². The summed E-state index contributed by atoms with van der Waals surface area (Å²) < 4.78 is 17.5. The van der Waals surface area contributed by atoms with Crippen molar-refractivity contribution in [3.05, 3.63) is 89.5 Å². The Labute approximate surface area is 197 Å². The molecule has 1 atom stereocenters. The zero-order valence-corrected chi connectivity index (χ0v) is 19.6. The van der Waals surface area contributed by atoms with Gasteiger partial charge in [-0.2, -0.15) is 5.26 Å². The number of allylic oxidation sites excluding steroid dienone is 1. The molecule has 4 heteroatoms. The Morgan fingerprint density at radius 2 is 1.61 bits per heavy atom. The number of benzene rings is 3. The summed E-state index contributed by atoms with van der Waals surface area (Å²) in [6.07, 6.45) is 2.97. The van der Waals surface area contributed by atoms with Gasteiger partial charge in [0.1, 0.15) is 19.0 Å². The van der Waals surface area contributed by atoms with E-state index >= 15 is 0 Å². The first-order valence-corrected chi connectivity index (χ1v) is 11.4. The van der Waals surface area contributed by atoms with Gasteiger partial charge in [-0.1, -0.05) is 62.4 Å². The van der Waals surface area contributed by atoms with Crippen LogP contribution in [0.15, 0.2) is 72.8 Å². The van der Waals surface area contributed by atoms with Gasteiger partial charge < -0.3 is 14.2 Å². The maximum Gasteiger partial charge on any atom is 0.161 e. The Morgan fingerprint density at radius 1 is 0.879 bits per heavy atom. The average Bonchev–Trinajstić information content (AvgIpc) is 2.86. The fourth-order valence-corrected chi connectivity index (χ4v) is 3.41. The summed E-state index contributed by atoms with van der Waals surface area (Å²) in [4.78, 5) is 0. The molecule has 3 aromatic carbocycles. The molecule has 0 saturated carbocycles. The lowest BCUT2D eigenvalue weighted by Gasteiger charge is -2.14. The number of nitriles is 1. The van der Waals surface area contributed by atoms with E-state index in [-0.39, 0.29) is 0 Å². The molecule has 3 rings (SSSR count). The Morgan fingerprint density at radius 3 is 2.27 bits per heavy atom. The highest BCUT2D eigenvalue weighted by Crippen LogP contribution is 2.30. The molecule has 3 aromatic rings. The van der Waals surface area contributed by atoms with Crippen molar-refractivity contribution < 1.29 is 14.2 Å². The summed E-state index contributed by atoms with van der Waals surface area (Å²) in [7, 11) is 0. The van der Waals surface area contributed by atoms with Crippen LogP contribution in [-0.4, -0.2) is 19.8 Å². The molecule has 0 spiro atoms. The molecule has 0 fully saturated rings. The van der Waals surface area contributed by atoms with Crippen molar-refractivity contribution in [2.24, 2.45) is 0 Å². The van der Waals surface area contributed by atoms with Gasteiger partial charge in [0.2, 0.25) is 0 Å². The minimum Gasteiger partial charge on any atom is -0.490 e. The Bertz CT molecular complexity index is 1080. The fourth-order valence-electron chi connectivity index (χ4n) is 3.41. The lowest BCUT2D eigenvalue weighted by atomic mass is 9.99. The third-order valence-corrected chi connectivity index (χ3v) is 5.45. The zero-order valence-electron chi connectivity index (χ0n) is 19.6. The van der Waals surface area contributed by atoms with Crippen LogP contribution in [0.4, 0.5) is 0 Å². The quantitative estimate of drug-likeness (QED) is 0.181. The minimum atomic E-state index is 0.399. The third-order valence-electron chi connectivity index (χ3n) is 5.45. The molecular formula is C29H31NO3. The number of nitrogens with zero attached hydrogens (tertiary/aromatic N) is 1. The van der Waals surface area contributed by atoms with Gasteiger partial charge in [-0.3, -0.25) is 0 Å². The first-order valence-electron chi connectivity index (χ1n) is 11.4. The van der Waals surface area contributed by atoms with Crippen molar-refractivity contribution in [1.29, 1.82) is 5.26 Å². The van der Waals surface area contributed by atoms with Crippen LogP contribution in [0.5, 0.6) is 17.2 Å². The van der Waals surface area contributed by atoms with Crippen molar-refractivity contribution in [2.75, 3.05) is 19.8 Å². The van der Waals surface area contributed by atoms with Crippen LogP contribution in [0.1, 0.15) is 49.8 Å². The second-order valence-electron chi connectivity index (χ2n) is 7.75. The van der Waals surface area contributed by atoms with Gasteiger partial charge in [0.15, 0.2) is 11.5 Å². The first kappa shape index (κ1) is 23.9. The molecule has 0 radical (unpaired) electrons. The maximum atomic E-state index is 9.57. The van der Waals surface area contributed by atoms with E-state index in [1.165, 1.54) is 5.56 Å². The van der Waals surface area contributed by atoms with Crippen molar-refractivity contribution in [3.63, 3.8) is 0 Å². The molecule has 0 N–H and O–H groups in total. The van der Waals surface area contributed by atoms with Crippen LogP contribution in [0, 0.1) is 11.3 Å². The molecule has 0 amide bonds. The highest BCUT2D eigenvalue weighted by Gasteiger charge is 2.08. The van der Waals surface area contributed by atoms with Crippen molar-refractivity contribution in [3.8, 4) is 23.3 Å². The predicted molar refractivity (Wildman–Crippen MR) is 134 cm³/mol. The third kappa shape index (κ3) is 6.89. The van der Waals surface area contributed by atoms with Gasteiger partial charge in [0, 0.05) is 0 Å². The van der Waals surface area contributed by atoms with Gasteiger partial charge in [0.25, 0.3) is 0 Å². The minimum absolute atomic E-state index is 0.399. The topological polar surface area (TPSA) is 51.5 Å². The summed E-state index contributed by atoms with van der Waals surface area (Å²) >= 11 is 0. The molecule has 33 heavy (non-hydrogen) atoms. The Balaban J connectivity index is 1.62. The van der Waals surface area contributed by atoms with E-state index in [0.717, 1.165) is 23.3 Å². The Kier molecular flexibility index (Phi) is 8.97. The summed E-state index contributed by atoms with van der Waals surface area (Å²) in [6, 6.07) is 25.8. The summed E-state index contributed by atoms with van der Waals surface area (Å²) in [6.45, 7) is 7.70. The standard InChI is InChI=1S/C29H31NO3/c1-4-22(3)24-12-14-27(15-13-24)32-17-18-33-28-16-11-23(20-29(28)31-5-2)19-26(21-30)25-9-7-6-8-10-25/h6-16,19-20,22H,4-5,17-18H2,1-3H3/b26-19+/t22-/m1/s1. The Hall–Kier alpha value is -3.71. The molecule has 0 aromatic heterocycles. The summed E-state index contributed by atoms with van der Waals surface area (Å²) in [5.74, 6) is 2.69. The first-order chi connectivity index (χ1) is 16.1. The molecule has 0 aliphatic carbocycles. The monoisotopic (exact) mass is 441 g/mol. The lowest BCUT2D eigenvalue weighted by Crippen LogP contribution is -2.10. The van der Waals surface area contributed by atoms with Crippen LogP contribution in [0.3, 0.4) is 0 Å². The summed E-state index contributed by atoms with van der Waals surface area (Å²) in [5, 5.41) is 9.57.